The summed E-state index contributed by atoms with van der Waals surface area (Å²) in [4.78, 5) is 14.0. The van der Waals surface area contributed by atoms with Crippen LogP contribution in [-0.4, -0.2) is 49.4 Å². The van der Waals surface area contributed by atoms with Gasteiger partial charge in [0.1, 0.15) is 0 Å². The Balaban J connectivity index is 2.63. The summed E-state index contributed by atoms with van der Waals surface area (Å²) >= 11 is 0. The maximum absolute atomic E-state index is 12.3. The number of hydrogen-bond donors (Lipinski definition) is 0. The van der Waals surface area contributed by atoms with Crippen molar-refractivity contribution < 1.29 is 13.2 Å². The molecule has 0 saturated heterocycles. The van der Waals surface area contributed by atoms with E-state index in [1.54, 1.807) is 4.90 Å². The highest BCUT2D eigenvalue weighted by Gasteiger charge is 2.18. The van der Waals surface area contributed by atoms with Crippen LogP contribution < -0.4 is 0 Å². The highest BCUT2D eigenvalue weighted by molar-refractivity contribution is 7.88. The molecule has 0 unspecified atom stereocenters. The van der Waals surface area contributed by atoms with Crippen molar-refractivity contribution in [2.45, 2.75) is 19.9 Å². The monoisotopic (exact) mass is 324 g/mol. The number of amides is 1. The Morgan fingerprint density at radius 2 is 1.91 bits per heavy atom. The number of benzene rings is 1. The van der Waals surface area contributed by atoms with Gasteiger partial charge in [0.2, 0.25) is 15.9 Å². The van der Waals surface area contributed by atoms with Crippen LogP contribution in [0.25, 0.3) is 0 Å². The van der Waals surface area contributed by atoms with E-state index in [9.17, 15) is 13.2 Å². The zero-order valence-electron chi connectivity index (χ0n) is 13.2. The fraction of sp³-hybridized carbons (Fsp3) is 0.438. The molecule has 0 aliphatic heterocycles. The Hall–Kier alpha value is -1.66. The lowest BCUT2D eigenvalue weighted by atomic mass is 10.2. The zero-order valence-corrected chi connectivity index (χ0v) is 14.1. The van der Waals surface area contributed by atoms with Gasteiger partial charge in [0.25, 0.3) is 0 Å². The first-order valence-electron chi connectivity index (χ1n) is 7.26. The predicted molar refractivity (Wildman–Crippen MR) is 88.8 cm³/mol. The van der Waals surface area contributed by atoms with Crippen LogP contribution in [-0.2, 0) is 21.4 Å². The Morgan fingerprint density at radius 1 is 1.27 bits per heavy atom. The molecule has 0 saturated carbocycles. The van der Waals surface area contributed by atoms with Crippen LogP contribution in [0.3, 0.4) is 0 Å². The van der Waals surface area contributed by atoms with Crippen LogP contribution >= 0.6 is 0 Å². The number of nitrogens with zero attached hydrogens (tertiary/aromatic N) is 2. The largest absolute Gasteiger partial charge is 0.339 e. The van der Waals surface area contributed by atoms with Crippen molar-refractivity contribution in [3.8, 4) is 0 Å². The first-order chi connectivity index (χ1) is 10.4. The van der Waals surface area contributed by atoms with Gasteiger partial charge >= 0.3 is 0 Å². The lowest BCUT2D eigenvalue weighted by molar-refractivity contribution is -0.131. The molecule has 0 spiro atoms. The topological polar surface area (TPSA) is 57.7 Å². The summed E-state index contributed by atoms with van der Waals surface area (Å²) in [5.74, 6) is -0.0518. The van der Waals surface area contributed by atoms with E-state index in [4.69, 9.17) is 0 Å². The highest BCUT2D eigenvalue weighted by atomic mass is 32.2. The van der Waals surface area contributed by atoms with Crippen LogP contribution in [0, 0.1) is 0 Å². The second-order valence-corrected chi connectivity index (χ2v) is 7.04. The molecule has 6 heteroatoms. The third kappa shape index (κ3) is 5.99. The van der Waals surface area contributed by atoms with Gasteiger partial charge in [-0.05, 0) is 12.5 Å². The fourth-order valence-corrected chi connectivity index (χ4v) is 2.89. The molecule has 0 N–H and O–H groups in total. The van der Waals surface area contributed by atoms with Gasteiger partial charge < -0.3 is 4.90 Å². The lowest BCUT2D eigenvalue weighted by Crippen LogP contribution is -2.36. The van der Waals surface area contributed by atoms with E-state index in [1.807, 2.05) is 37.3 Å². The Kier molecular flexibility index (Phi) is 7.27. The molecule has 1 aromatic carbocycles. The predicted octanol–water partition coefficient (Wildman–Crippen LogP) is 1.87. The van der Waals surface area contributed by atoms with Crippen LogP contribution in [0.4, 0.5) is 0 Å². The van der Waals surface area contributed by atoms with Crippen molar-refractivity contribution in [1.29, 1.82) is 0 Å². The molecule has 0 radical (unpaired) electrons. The highest BCUT2D eigenvalue weighted by Crippen LogP contribution is 2.07. The molecule has 5 nitrogen and oxygen atoms in total. The first-order valence-corrected chi connectivity index (χ1v) is 9.11. The maximum Gasteiger partial charge on any atom is 0.224 e. The van der Waals surface area contributed by atoms with Gasteiger partial charge in [-0.25, -0.2) is 8.42 Å². The Morgan fingerprint density at radius 3 is 2.41 bits per heavy atom. The molecule has 0 aromatic heterocycles. The first kappa shape index (κ1) is 18.4. The lowest BCUT2D eigenvalue weighted by Gasteiger charge is -2.23. The maximum atomic E-state index is 12.3. The summed E-state index contributed by atoms with van der Waals surface area (Å²) in [6.07, 6.45) is 2.83. The number of carbonyl (C=O) groups is 1. The molecule has 1 rings (SSSR count). The summed E-state index contributed by atoms with van der Waals surface area (Å²) < 4.78 is 24.5. The van der Waals surface area contributed by atoms with Crippen molar-refractivity contribution in [3.63, 3.8) is 0 Å². The van der Waals surface area contributed by atoms with Crippen molar-refractivity contribution in [2.24, 2.45) is 0 Å². The van der Waals surface area contributed by atoms with E-state index in [1.165, 1.54) is 10.4 Å². The minimum absolute atomic E-state index is 0.0518. The van der Waals surface area contributed by atoms with Gasteiger partial charge in [-0.1, -0.05) is 36.4 Å². The number of hydrogen-bond acceptors (Lipinski definition) is 3. The van der Waals surface area contributed by atoms with Gasteiger partial charge in [0, 0.05) is 32.6 Å². The van der Waals surface area contributed by atoms with Crippen LogP contribution in [0.1, 0.15) is 18.9 Å². The molecule has 0 bridgehead atoms. The van der Waals surface area contributed by atoms with Gasteiger partial charge in [-0.3, -0.25) is 4.79 Å². The van der Waals surface area contributed by atoms with Gasteiger partial charge in [-0.15, -0.1) is 6.58 Å². The summed E-state index contributed by atoms with van der Waals surface area (Å²) in [6, 6.07) is 9.74. The molecule has 0 fully saturated rings. The van der Waals surface area contributed by atoms with Crippen LogP contribution in [0.2, 0.25) is 0 Å². The molecule has 22 heavy (non-hydrogen) atoms. The van der Waals surface area contributed by atoms with E-state index in [-0.39, 0.29) is 25.4 Å². The molecule has 1 amide bonds. The quantitative estimate of drug-likeness (QED) is 0.652. The van der Waals surface area contributed by atoms with Crippen molar-refractivity contribution in [2.75, 3.05) is 25.9 Å². The number of sulfonamides is 1. The van der Waals surface area contributed by atoms with Gasteiger partial charge in [0.05, 0.1) is 6.26 Å². The SMILES string of the molecule is C=CCN(CCC(=O)N(CC)Cc1ccccc1)S(C)(=O)=O. The molecule has 122 valence electrons. The van der Waals surface area contributed by atoms with E-state index >= 15 is 0 Å². The average molecular weight is 324 g/mol. The van der Waals surface area contributed by atoms with Crippen molar-refractivity contribution in [1.82, 2.24) is 9.21 Å². The van der Waals surface area contributed by atoms with Crippen LogP contribution in [0.15, 0.2) is 43.0 Å². The zero-order chi connectivity index (χ0) is 16.6. The Bertz CT molecular complexity index is 585. The molecule has 0 atom stereocenters. The summed E-state index contributed by atoms with van der Waals surface area (Å²) in [6.45, 7) is 6.99. The normalized spacial score (nSPS) is 11.4. The standard InChI is InChI=1S/C16H24N2O3S/c1-4-12-18(22(3,20)21)13-11-16(19)17(5-2)14-15-9-7-6-8-10-15/h4,6-10H,1,5,11-14H2,2-3H3. The fourth-order valence-electron chi connectivity index (χ4n) is 2.10. The van der Waals surface area contributed by atoms with Crippen molar-refractivity contribution >= 4 is 15.9 Å². The van der Waals surface area contributed by atoms with E-state index in [0.717, 1.165) is 11.8 Å². The number of carbonyl (C=O) groups excluding carboxylic acids is 1. The second kappa shape index (κ2) is 8.70. The minimum Gasteiger partial charge on any atom is -0.339 e. The molecule has 0 aliphatic carbocycles. The Labute approximate surface area is 133 Å². The third-order valence-electron chi connectivity index (χ3n) is 3.33. The smallest absolute Gasteiger partial charge is 0.224 e. The van der Waals surface area contributed by atoms with Crippen LogP contribution in [0.5, 0.6) is 0 Å². The summed E-state index contributed by atoms with van der Waals surface area (Å²) in [5, 5.41) is 0. The van der Waals surface area contributed by atoms with E-state index in [0.29, 0.717) is 13.1 Å². The second-order valence-electron chi connectivity index (χ2n) is 5.05. The summed E-state index contributed by atoms with van der Waals surface area (Å²) in [7, 11) is -3.32. The van der Waals surface area contributed by atoms with E-state index < -0.39 is 10.0 Å². The van der Waals surface area contributed by atoms with E-state index in [2.05, 4.69) is 6.58 Å². The summed E-state index contributed by atoms with van der Waals surface area (Å²) in [5.41, 5.74) is 1.06. The molecule has 0 heterocycles. The molecular formula is C16H24N2O3S. The molecular weight excluding hydrogens is 300 g/mol. The molecule has 1 aromatic rings. The molecule has 0 aliphatic rings. The number of rotatable bonds is 9. The third-order valence-corrected chi connectivity index (χ3v) is 4.60. The minimum atomic E-state index is -3.32. The van der Waals surface area contributed by atoms with Gasteiger partial charge in [0.15, 0.2) is 0 Å². The van der Waals surface area contributed by atoms with Gasteiger partial charge in [-0.2, -0.15) is 4.31 Å². The average Bonchev–Trinajstić information content (AvgIpc) is 2.48. The van der Waals surface area contributed by atoms with Crippen molar-refractivity contribution in [3.05, 3.63) is 48.6 Å².